The van der Waals surface area contributed by atoms with Gasteiger partial charge in [-0.15, -0.1) is 11.3 Å². The Morgan fingerprint density at radius 1 is 1.20 bits per heavy atom. The second kappa shape index (κ2) is 7.67. The van der Waals surface area contributed by atoms with Gasteiger partial charge in [-0.05, 0) is 30.3 Å². The molecule has 0 atom stereocenters. The lowest BCUT2D eigenvalue weighted by molar-refractivity contribution is -0.131. The number of rotatable bonds is 5. The number of esters is 1. The summed E-state index contributed by atoms with van der Waals surface area (Å²) in [6, 6.07) is 10.3. The van der Waals surface area contributed by atoms with Crippen molar-refractivity contribution in [3.63, 3.8) is 0 Å². The van der Waals surface area contributed by atoms with E-state index in [1.54, 1.807) is 30.6 Å². The SMILES string of the molecule is CC(=O)Oc1cccc(C(=O)NCc2csc(-c3ccncc3)n2)c1. The number of ether oxygens (including phenoxy) is 1. The second-order valence-electron chi connectivity index (χ2n) is 5.18. The lowest BCUT2D eigenvalue weighted by atomic mass is 10.2. The van der Waals surface area contributed by atoms with Gasteiger partial charge in [0.25, 0.3) is 5.91 Å². The van der Waals surface area contributed by atoms with Gasteiger partial charge in [-0.1, -0.05) is 6.07 Å². The van der Waals surface area contributed by atoms with Crippen LogP contribution >= 0.6 is 11.3 Å². The predicted molar refractivity (Wildman–Crippen MR) is 94.3 cm³/mol. The van der Waals surface area contributed by atoms with Crippen LogP contribution in [0.2, 0.25) is 0 Å². The monoisotopic (exact) mass is 353 g/mol. The molecular formula is C18H15N3O3S. The van der Waals surface area contributed by atoms with Crippen molar-refractivity contribution < 1.29 is 14.3 Å². The second-order valence-corrected chi connectivity index (χ2v) is 6.04. The van der Waals surface area contributed by atoms with E-state index in [1.807, 2.05) is 17.5 Å². The zero-order chi connectivity index (χ0) is 17.6. The first-order valence-corrected chi connectivity index (χ1v) is 8.41. The Kier molecular flexibility index (Phi) is 5.15. The molecule has 0 fully saturated rings. The molecule has 1 N–H and O–H groups in total. The highest BCUT2D eigenvalue weighted by Crippen LogP contribution is 2.22. The maximum atomic E-state index is 12.2. The van der Waals surface area contributed by atoms with Crippen molar-refractivity contribution >= 4 is 23.2 Å². The van der Waals surface area contributed by atoms with E-state index in [0.29, 0.717) is 17.9 Å². The van der Waals surface area contributed by atoms with Crippen LogP contribution in [0.4, 0.5) is 0 Å². The Labute approximate surface area is 148 Å². The van der Waals surface area contributed by atoms with Crippen molar-refractivity contribution in [2.45, 2.75) is 13.5 Å². The number of benzene rings is 1. The number of amides is 1. The van der Waals surface area contributed by atoms with Gasteiger partial charge in [0.1, 0.15) is 10.8 Å². The summed E-state index contributed by atoms with van der Waals surface area (Å²) in [6.07, 6.45) is 3.43. The van der Waals surface area contributed by atoms with Crippen LogP contribution in [-0.2, 0) is 11.3 Å². The average molecular weight is 353 g/mol. The highest BCUT2D eigenvalue weighted by molar-refractivity contribution is 7.13. The fraction of sp³-hybridized carbons (Fsp3) is 0.111. The van der Waals surface area contributed by atoms with Crippen LogP contribution in [0.5, 0.6) is 5.75 Å². The Morgan fingerprint density at radius 3 is 2.76 bits per heavy atom. The molecule has 2 aromatic heterocycles. The summed E-state index contributed by atoms with van der Waals surface area (Å²) in [7, 11) is 0. The molecule has 3 aromatic rings. The standard InChI is InChI=1S/C18H15N3O3S/c1-12(22)24-16-4-2-3-14(9-16)17(23)20-10-15-11-25-18(21-15)13-5-7-19-8-6-13/h2-9,11H,10H2,1H3,(H,20,23). The first kappa shape index (κ1) is 16.8. The summed E-state index contributed by atoms with van der Waals surface area (Å²) in [5.74, 6) is -0.343. The van der Waals surface area contributed by atoms with Gasteiger partial charge >= 0.3 is 5.97 Å². The van der Waals surface area contributed by atoms with Crippen molar-refractivity contribution in [2.24, 2.45) is 0 Å². The topological polar surface area (TPSA) is 81.2 Å². The van der Waals surface area contributed by atoms with E-state index in [9.17, 15) is 9.59 Å². The highest BCUT2D eigenvalue weighted by Gasteiger charge is 2.09. The third-order valence-electron chi connectivity index (χ3n) is 3.27. The van der Waals surface area contributed by atoms with Crippen LogP contribution < -0.4 is 10.1 Å². The van der Waals surface area contributed by atoms with Crippen LogP contribution in [0.15, 0.2) is 54.2 Å². The zero-order valence-corrected chi connectivity index (χ0v) is 14.2. The Balaban J connectivity index is 1.63. The van der Waals surface area contributed by atoms with Crippen molar-refractivity contribution in [3.8, 4) is 16.3 Å². The molecule has 0 unspecified atom stereocenters. The quantitative estimate of drug-likeness (QED) is 0.563. The van der Waals surface area contributed by atoms with Crippen LogP contribution in [-0.4, -0.2) is 21.8 Å². The van der Waals surface area contributed by atoms with Crippen molar-refractivity contribution in [1.29, 1.82) is 0 Å². The molecule has 0 spiro atoms. The number of aromatic nitrogens is 2. The summed E-state index contributed by atoms with van der Waals surface area (Å²) >= 11 is 1.51. The Bertz CT molecular complexity index is 893. The van der Waals surface area contributed by atoms with E-state index < -0.39 is 5.97 Å². The van der Waals surface area contributed by atoms with E-state index in [1.165, 1.54) is 24.3 Å². The molecule has 2 heterocycles. The van der Waals surface area contributed by atoms with E-state index in [-0.39, 0.29) is 5.91 Å². The number of hydrogen-bond donors (Lipinski definition) is 1. The molecule has 0 bridgehead atoms. The van der Waals surface area contributed by atoms with Crippen molar-refractivity contribution in [1.82, 2.24) is 15.3 Å². The molecule has 0 saturated heterocycles. The number of pyridine rings is 1. The normalized spacial score (nSPS) is 10.3. The number of carbonyl (C=O) groups excluding carboxylic acids is 2. The minimum absolute atomic E-state index is 0.257. The molecule has 126 valence electrons. The van der Waals surface area contributed by atoms with Gasteiger partial charge in [0, 0.05) is 35.8 Å². The molecule has 0 radical (unpaired) electrons. The minimum Gasteiger partial charge on any atom is -0.427 e. The molecule has 3 rings (SSSR count). The molecular weight excluding hydrogens is 338 g/mol. The lowest BCUT2D eigenvalue weighted by Gasteiger charge is -2.06. The van der Waals surface area contributed by atoms with E-state index in [2.05, 4.69) is 15.3 Å². The molecule has 25 heavy (non-hydrogen) atoms. The first-order chi connectivity index (χ1) is 12.1. The molecule has 0 saturated carbocycles. The molecule has 0 aliphatic rings. The molecule has 0 aliphatic carbocycles. The summed E-state index contributed by atoms with van der Waals surface area (Å²) in [5.41, 5.74) is 2.19. The zero-order valence-electron chi connectivity index (χ0n) is 13.4. The minimum atomic E-state index is -0.427. The fourth-order valence-electron chi connectivity index (χ4n) is 2.15. The molecule has 1 aromatic carbocycles. The average Bonchev–Trinajstić information content (AvgIpc) is 3.09. The van der Waals surface area contributed by atoms with Gasteiger partial charge in [0.15, 0.2) is 0 Å². The van der Waals surface area contributed by atoms with Gasteiger partial charge < -0.3 is 10.1 Å². The molecule has 1 amide bonds. The first-order valence-electron chi connectivity index (χ1n) is 7.53. The summed E-state index contributed by atoms with van der Waals surface area (Å²) in [5, 5.41) is 5.60. The van der Waals surface area contributed by atoms with E-state index >= 15 is 0 Å². The van der Waals surface area contributed by atoms with Crippen LogP contribution in [0.3, 0.4) is 0 Å². The van der Waals surface area contributed by atoms with Gasteiger partial charge in [-0.25, -0.2) is 4.98 Å². The van der Waals surface area contributed by atoms with E-state index in [0.717, 1.165) is 16.3 Å². The maximum Gasteiger partial charge on any atom is 0.308 e. The van der Waals surface area contributed by atoms with Crippen LogP contribution in [0, 0.1) is 0 Å². The smallest absolute Gasteiger partial charge is 0.308 e. The number of hydrogen-bond acceptors (Lipinski definition) is 6. The van der Waals surface area contributed by atoms with Gasteiger partial charge in [-0.2, -0.15) is 0 Å². The lowest BCUT2D eigenvalue weighted by Crippen LogP contribution is -2.23. The summed E-state index contributed by atoms with van der Waals surface area (Å²) in [6.45, 7) is 1.63. The number of nitrogens with one attached hydrogen (secondary N) is 1. The van der Waals surface area contributed by atoms with Gasteiger partial charge in [0.2, 0.25) is 0 Å². The number of nitrogens with zero attached hydrogens (tertiary/aromatic N) is 2. The Hall–Kier alpha value is -3.06. The maximum absolute atomic E-state index is 12.2. The van der Waals surface area contributed by atoms with Crippen LogP contribution in [0.25, 0.3) is 10.6 Å². The number of thiazole rings is 1. The molecule has 7 heteroatoms. The largest absolute Gasteiger partial charge is 0.427 e. The molecule has 0 aliphatic heterocycles. The van der Waals surface area contributed by atoms with Crippen molar-refractivity contribution in [3.05, 3.63) is 65.4 Å². The fourth-order valence-corrected chi connectivity index (χ4v) is 2.98. The van der Waals surface area contributed by atoms with Gasteiger partial charge in [-0.3, -0.25) is 14.6 Å². The Morgan fingerprint density at radius 2 is 2.00 bits per heavy atom. The third-order valence-corrected chi connectivity index (χ3v) is 4.21. The predicted octanol–water partition coefficient (Wildman–Crippen LogP) is 3.06. The van der Waals surface area contributed by atoms with Crippen LogP contribution in [0.1, 0.15) is 23.0 Å². The number of carbonyl (C=O) groups is 2. The summed E-state index contributed by atoms with van der Waals surface area (Å²) < 4.78 is 4.99. The summed E-state index contributed by atoms with van der Waals surface area (Å²) in [4.78, 5) is 31.7. The van der Waals surface area contributed by atoms with Crippen molar-refractivity contribution in [2.75, 3.05) is 0 Å². The molecule has 6 nitrogen and oxygen atoms in total. The van der Waals surface area contributed by atoms with E-state index in [4.69, 9.17) is 4.74 Å². The third kappa shape index (κ3) is 4.48. The van der Waals surface area contributed by atoms with Gasteiger partial charge in [0.05, 0.1) is 12.2 Å². The highest BCUT2D eigenvalue weighted by atomic mass is 32.1.